The van der Waals surface area contributed by atoms with Gasteiger partial charge in [-0.2, -0.15) is 0 Å². The molecule has 1 aliphatic carbocycles. The molecule has 2 atom stereocenters. The first kappa shape index (κ1) is 21.5. The first-order valence-corrected chi connectivity index (χ1v) is 11.8. The van der Waals surface area contributed by atoms with Crippen molar-refractivity contribution >= 4 is 34.7 Å². The van der Waals surface area contributed by atoms with E-state index in [1.165, 1.54) is 0 Å². The van der Waals surface area contributed by atoms with E-state index < -0.39 is 6.04 Å². The largest absolute Gasteiger partial charge is 0.469 e. The summed E-state index contributed by atoms with van der Waals surface area (Å²) in [5, 5.41) is 4.02. The Morgan fingerprint density at radius 2 is 1.60 bits per heavy atom. The van der Waals surface area contributed by atoms with E-state index in [9.17, 15) is 9.59 Å². The van der Waals surface area contributed by atoms with Crippen LogP contribution in [0.4, 0.5) is 11.4 Å². The number of hydrogen-bond donors (Lipinski definition) is 1. The van der Waals surface area contributed by atoms with Crippen molar-refractivity contribution in [1.29, 1.82) is 0 Å². The molecule has 35 heavy (non-hydrogen) atoms. The number of halogens is 1. The van der Waals surface area contributed by atoms with E-state index >= 15 is 0 Å². The number of carbonyl (C=O) groups is 2. The van der Waals surface area contributed by atoms with Gasteiger partial charge in [-0.15, -0.1) is 0 Å². The van der Waals surface area contributed by atoms with Crippen molar-refractivity contribution in [2.45, 2.75) is 24.8 Å². The Morgan fingerprint density at radius 3 is 2.31 bits per heavy atom. The number of nitrogens with zero attached hydrogens (tertiary/aromatic N) is 1. The lowest BCUT2D eigenvalue weighted by molar-refractivity contribution is -0.116. The van der Waals surface area contributed by atoms with E-state index in [2.05, 4.69) is 5.32 Å². The molecule has 0 spiro atoms. The second-order valence-corrected chi connectivity index (χ2v) is 9.11. The lowest BCUT2D eigenvalue weighted by atomic mass is 9.81. The highest BCUT2D eigenvalue weighted by molar-refractivity contribution is 6.30. The predicted octanol–water partition coefficient (Wildman–Crippen LogP) is 6.74. The third-order valence-corrected chi connectivity index (χ3v) is 6.81. The van der Waals surface area contributed by atoms with E-state index in [4.69, 9.17) is 20.4 Å². The minimum absolute atomic E-state index is 0.0525. The molecule has 1 amide bonds. The number of allylic oxidation sites excluding steroid dienone is 1. The zero-order valence-corrected chi connectivity index (χ0v) is 19.4. The fourth-order valence-corrected chi connectivity index (χ4v) is 5.11. The summed E-state index contributed by atoms with van der Waals surface area (Å²) in [6.07, 6.45) is 4.04. The molecular weight excluding hydrogens is 464 g/mol. The number of anilines is 2. The number of benzene rings is 2. The first-order chi connectivity index (χ1) is 17.1. The van der Waals surface area contributed by atoms with Gasteiger partial charge in [0.15, 0.2) is 5.78 Å². The molecule has 7 heteroatoms. The van der Waals surface area contributed by atoms with Crippen molar-refractivity contribution < 1.29 is 18.4 Å². The van der Waals surface area contributed by atoms with Crippen molar-refractivity contribution in [2.24, 2.45) is 0 Å². The predicted molar refractivity (Wildman–Crippen MR) is 132 cm³/mol. The summed E-state index contributed by atoms with van der Waals surface area (Å²) in [5.74, 6) is 0.887. The lowest BCUT2D eigenvalue weighted by Gasteiger charge is -2.33. The molecule has 0 bridgehead atoms. The van der Waals surface area contributed by atoms with Crippen LogP contribution in [0.5, 0.6) is 0 Å². The zero-order valence-electron chi connectivity index (χ0n) is 18.6. The standard InChI is InChI=1S/C28H21ClN2O4/c29-19-11-9-17(10-12-19)28(33)31-22-6-2-1-5-20(22)30-21-15-18(24-7-3-13-34-24)16-23(32)26(21)27(31)25-8-4-14-35-25/h1-14,18,27,30H,15-16H2. The number of amides is 1. The van der Waals surface area contributed by atoms with E-state index in [0.717, 1.165) is 17.1 Å². The van der Waals surface area contributed by atoms with Crippen LogP contribution < -0.4 is 10.2 Å². The third kappa shape index (κ3) is 3.76. The van der Waals surface area contributed by atoms with E-state index in [0.29, 0.717) is 34.0 Å². The summed E-state index contributed by atoms with van der Waals surface area (Å²) in [4.78, 5) is 29.4. The van der Waals surface area contributed by atoms with E-state index in [1.807, 2.05) is 36.4 Å². The van der Waals surface area contributed by atoms with E-state index in [-0.39, 0.29) is 24.0 Å². The molecule has 2 unspecified atom stereocenters. The second kappa shape index (κ2) is 8.64. The highest BCUT2D eigenvalue weighted by Crippen LogP contribution is 2.47. The Morgan fingerprint density at radius 1 is 0.886 bits per heavy atom. The molecule has 4 aromatic rings. The Bertz CT molecular complexity index is 1420. The summed E-state index contributed by atoms with van der Waals surface area (Å²) in [7, 11) is 0. The SMILES string of the molecule is O=C1CC(c2ccco2)CC2=C1C(c1ccco1)N(C(=O)c1ccc(Cl)cc1)c1ccccc1N2. The maximum Gasteiger partial charge on any atom is 0.259 e. The minimum atomic E-state index is -0.732. The fourth-order valence-electron chi connectivity index (χ4n) is 4.99. The van der Waals surface area contributed by atoms with Crippen molar-refractivity contribution in [3.63, 3.8) is 0 Å². The van der Waals surface area contributed by atoms with Crippen molar-refractivity contribution in [3.8, 4) is 0 Å². The number of nitrogens with one attached hydrogen (secondary N) is 1. The summed E-state index contributed by atoms with van der Waals surface area (Å²) < 4.78 is 11.5. The molecule has 0 saturated heterocycles. The van der Waals surface area contributed by atoms with Gasteiger partial charge in [-0.1, -0.05) is 23.7 Å². The highest BCUT2D eigenvalue weighted by atomic mass is 35.5. The monoisotopic (exact) mass is 484 g/mol. The average molecular weight is 485 g/mol. The van der Waals surface area contributed by atoms with Crippen molar-refractivity contribution in [2.75, 3.05) is 10.2 Å². The quantitative estimate of drug-likeness (QED) is 0.348. The third-order valence-electron chi connectivity index (χ3n) is 6.56. The van der Waals surface area contributed by atoms with Crippen LogP contribution >= 0.6 is 11.6 Å². The molecule has 0 radical (unpaired) electrons. The van der Waals surface area contributed by atoms with Gasteiger partial charge in [-0.3, -0.25) is 14.5 Å². The summed E-state index contributed by atoms with van der Waals surface area (Å²) in [6.45, 7) is 0. The van der Waals surface area contributed by atoms with Crippen molar-refractivity contribution in [1.82, 2.24) is 0 Å². The van der Waals surface area contributed by atoms with Gasteiger partial charge < -0.3 is 14.2 Å². The van der Waals surface area contributed by atoms with Crippen LogP contribution in [0.15, 0.2) is 105 Å². The molecule has 1 aliphatic heterocycles. The zero-order chi connectivity index (χ0) is 23.9. The molecule has 0 saturated carbocycles. The van der Waals surface area contributed by atoms with Crippen molar-refractivity contribution in [3.05, 3.63) is 119 Å². The van der Waals surface area contributed by atoms with Gasteiger partial charge in [-0.25, -0.2) is 0 Å². The smallest absolute Gasteiger partial charge is 0.259 e. The van der Waals surface area contributed by atoms with Crippen LogP contribution in [0.3, 0.4) is 0 Å². The highest BCUT2D eigenvalue weighted by Gasteiger charge is 2.43. The molecule has 2 aliphatic rings. The topological polar surface area (TPSA) is 75.7 Å². The van der Waals surface area contributed by atoms with Gasteiger partial charge in [0, 0.05) is 34.2 Å². The maximum atomic E-state index is 14.0. The molecule has 174 valence electrons. The number of ketones is 1. The van der Waals surface area contributed by atoms with Crippen LogP contribution in [0, 0.1) is 0 Å². The van der Waals surface area contributed by atoms with Crippen LogP contribution in [-0.2, 0) is 4.79 Å². The summed E-state index contributed by atoms with van der Waals surface area (Å²) >= 11 is 6.08. The number of furan rings is 2. The van der Waals surface area contributed by atoms with Gasteiger partial charge in [0.2, 0.25) is 0 Å². The second-order valence-electron chi connectivity index (χ2n) is 8.68. The number of hydrogen-bond acceptors (Lipinski definition) is 5. The van der Waals surface area contributed by atoms with Gasteiger partial charge in [0.25, 0.3) is 5.91 Å². The molecule has 6 nitrogen and oxygen atoms in total. The number of Topliss-reactive ketones (excluding diaryl/α,β-unsaturated/α-hetero) is 1. The van der Waals surface area contributed by atoms with Gasteiger partial charge in [0.05, 0.1) is 23.9 Å². The summed E-state index contributed by atoms with van der Waals surface area (Å²) in [6, 6.07) is 20.9. The normalized spacial score (nSPS) is 19.6. The van der Waals surface area contributed by atoms with Crippen LogP contribution in [0.25, 0.3) is 0 Å². The number of fused-ring (bicyclic) bond motifs is 1. The van der Waals surface area contributed by atoms with Gasteiger partial charge in [-0.05, 0) is 67.1 Å². The molecule has 3 heterocycles. The molecular formula is C28H21ClN2O4. The molecule has 1 N–H and O–H groups in total. The maximum absolute atomic E-state index is 14.0. The van der Waals surface area contributed by atoms with Crippen LogP contribution in [0.2, 0.25) is 5.02 Å². The first-order valence-electron chi connectivity index (χ1n) is 11.4. The lowest BCUT2D eigenvalue weighted by Crippen LogP contribution is -2.38. The van der Waals surface area contributed by atoms with Gasteiger partial charge in [0.1, 0.15) is 17.6 Å². The fraction of sp³-hybridized carbons (Fsp3) is 0.143. The van der Waals surface area contributed by atoms with Gasteiger partial charge >= 0.3 is 0 Å². The van der Waals surface area contributed by atoms with E-state index in [1.54, 1.807) is 53.8 Å². The minimum Gasteiger partial charge on any atom is -0.469 e. The average Bonchev–Trinajstić information content (AvgIpc) is 3.57. The molecule has 2 aromatic heterocycles. The Kier molecular flexibility index (Phi) is 5.30. The van der Waals surface area contributed by atoms with Crippen LogP contribution in [-0.4, -0.2) is 11.7 Å². The molecule has 2 aromatic carbocycles. The number of rotatable bonds is 3. The Balaban J connectivity index is 1.55. The molecule has 0 fully saturated rings. The Labute approximate surface area is 206 Å². The van der Waals surface area contributed by atoms with Crippen LogP contribution in [0.1, 0.15) is 46.7 Å². The molecule has 6 rings (SSSR count). The number of carbonyl (C=O) groups excluding carboxylic acids is 2. The number of para-hydroxylation sites is 2. The summed E-state index contributed by atoms with van der Waals surface area (Å²) in [5.41, 5.74) is 3.15. The Hall–Kier alpha value is -4.03.